The summed E-state index contributed by atoms with van der Waals surface area (Å²) >= 11 is 0. The van der Waals surface area contributed by atoms with E-state index in [4.69, 9.17) is 9.47 Å². The number of rotatable bonds is 11. The standard InChI is InChI=1S/C28H39N3O4/c1-20(2)26(30-27(32)25-11-6-5-8-21(25)3)28(33)29-19-22-9-7-10-24(18-22)35-17-14-31(4)23-12-15-34-16-13-23/h5-11,18,20,23,26H,12-17,19H2,1-4H3,(H,29,33)(H,30,32). The van der Waals surface area contributed by atoms with Crippen LogP contribution in [0.2, 0.25) is 0 Å². The highest BCUT2D eigenvalue weighted by Gasteiger charge is 2.25. The molecule has 1 atom stereocenters. The third-order valence-corrected chi connectivity index (χ3v) is 6.52. The van der Waals surface area contributed by atoms with Crippen molar-refractivity contribution in [3.05, 3.63) is 65.2 Å². The number of ether oxygens (including phenoxy) is 2. The van der Waals surface area contributed by atoms with Crippen molar-refractivity contribution in [3.8, 4) is 5.75 Å². The number of benzene rings is 2. The fraction of sp³-hybridized carbons (Fsp3) is 0.500. The van der Waals surface area contributed by atoms with Crippen LogP contribution >= 0.6 is 0 Å². The van der Waals surface area contributed by atoms with Crippen molar-refractivity contribution in [3.63, 3.8) is 0 Å². The molecule has 0 radical (unpaired) electrons. The number of hydrogen-bond acceptors (Lipinski definition) is 5. The minimum atomic E-state index is -0.623. The van der Waals surface area contributed by atoms with Crippen molar-refractivity contribution >= 4 is 11.8 Å². The van der Waals surface area contributed by atoms with E-state index in [1.54, 1.807) is 6.07 Å². The molecule has 0 bridgehead atoms. The molecule has 2 amide bonds. The Labute approximate surface area is 209 Å². The molecule has 7 nitrogen and oxygen atoms in total. The summed E-state index contributed by atoms with van der Waals surface area (Å²) in [7, 11) is 2.13. The van der Waals surface area contributed by atoms with E-state index in [-0.39, 0.29) is 17.7 Å². The summed E-state index contributed by atoms with van der Waals surface area (Å²) in [6.07, 6.45) is 2.13. The van der Waals surface area contributed by atoms with E-state index in [0.29, 0.717) is 24.8 Å². The van der Waals surface area contributed by atoms with Crippen molar-refractivity contribution in [2.45, 2.75) is 52.2 Å². The van der Waals surface area contributed by atoms with E-state index < -0.39 is 6.04 Å². The molecule has 1 aliphatic rings. The van der Waals surface area contributed by atoms with Crippen LogP contribution in [0.25, 0.3) is 0 Å². The molecule has 3 rings (SSSR count). The van der Waals surface area contributed by atoms with Gasteiger partial charge in [0, 0.05) is 37.9 Å². The zero-order valence-electron chi connectivity index (χ0n) is 21.4. The van der Waals surface area contributed by atoms with Crippen LogP contribution in [0.5, 0.6) is 5.75 Å². The normalized spacial score (nSPS) is 15.1. The topological polar surface area (TPSA) is 79.9 Å². The molecule has 0 spiro atoms. The number of likely N-dealkylation sites (N-methyl/N-ethyl adjacent to an activating group) is 1. The summed E-state index contributed by atoms with van der Waals surface area (Å²) in [5.41, 5.74) is 2.41. The van der Waals surface area contributed by atoms with Gasteiger partial charge in [-0.15, -0.1) is 0 Å². The SMILES string of the molecule is Cc1ccccc1C(=O)NC(C(=O)NCc1cccc(OCCN(C)C2CCOCC2)c1)C(C)C. The van der Waals surface area contributed by atoms with Crippen LogP contribution in [0.3, 0.4) is 0 Å². The minimum absolute atomic E-state index is 0.0506. The zero-order valence-corrected chi connectivity index (χ0v) is 21.4. The molecule has 1 unspecified atom stereocenters. The maximum absolute atomic E-state index is 12.9. The molecule has 1 saturated heterocycles. The highest BCUT2D eigenvalue weighted by atomic mass is 16.5. The van der Waals surface area contributed by atoms with Crippen molar-refractivity contribution in [2.75, 3.05) is 33.4 Å². The Kier molecular flexibility index (Phi) is 10.1. The number of carbonyl (C=O) groups excluding carboxylic acids is 2. The molecule has 0 aliphatic carbocycles. The van der Waals surface area contributed by atoms with Crippen LogP contribution in [0.4, 0.5) is 0 Å². The summed E-state index contributed by atoms with van der Waals surface area (Å²) < 4.78 is 11.4. The number of nitrogens with zero attached hydrogens (tertiary/aromatic N) is 1. The lowest BCUT2D eigenvalue weighted by Crippen LogP contribution is -2.49. The first-order chi connectivity index (χ1) is 16.8. The molecule has 1 fully saturated rings. The van der Waals surface area contributed by atoms with E-state index in [2.05, 4.69) is 22.6 Å². The van der Waals surface area contributed by atoms with Gasteiger partial charge in [0.05, 0.1) is 0 Å². The van der Waals surface area contributed by atoms with Crippen LogP contribution in [0, 0.1) is 12.8 Å². The number of amides is 2. The molecule has 0 aromatic heterocycles. The van der Waals surface area contributed by atoms with Gasteiger partial charge in [0.15, 0.2) is 0 Å². The molecule has 0 saturated carbocycles. The third kappa shape index (κ3) is 8.08. The van der Waals surface area contributed by atoms with Crippen molar-refractivity contribution in [1.82, 2.24) is 15.5 Å². The lowest BCUT2D eigenvalue weighted by atomic mass is 10.0. The van der Waals surface area contributed by atoms with Crippen LogP contribution in [-0.2, 0) is 16.1 Å². The quantitative estimate of drug-likeness (QED) is 0.513. The van der Waals surface area contributed by atoms with Gasteiger partial charge >= 0.3 is 0 Å². The van der Waals surface area contributed by atoms with Crippen molar-refractivity contribution in [2.24, 2.45) is 5.92 Å². The van der Waals surface area contributed by atoms with Crippen LogP contribution in [-0.4, -0.2) is 62.2 Å². The molecule has 2 aromatic rings. The highest BCUT2D eigenvalue weighted by molar-refractivity contribution is 5.98. The average Bonchev–Trinajstić information content (AvgIpc) is 2.86. The molecule has 1 heterocycles. The Morgan fingerprint density at radius 1 is 1.11 bits per heavy atom. The zero-order chi connectivity index (χ0) is 25.2. The monoisotopic (exact) mass is 481 g/mol. The van der Waals surface area contributed by atoms with Gasteiger partial charge < -0.3 is 20.1 Å². The van der Waals surface area contributed by atoms with Gasteiger partial charge in [-0.05, 0) is 62.1 Å². The molecule has 7 heteroatoms. The molecule has 2 N–H and O–H groups in total. The Bertz CT molecular complexity index is 972. The summed E-state index contributed by atoms with van der Waals surface area (Å²) in [5, 5.41) is 5.87. The van der Waals surface area contributed by atoms with E-state index in [1.807, 2.05) is 63.2 Å². The van der Waals surface area contributed by atoms with E-state index in [0.717, 1.165) is 49.5 Å². The first-order valence-electron chi connectivity index (χ1n) is 12.5. The number of aryl methyl sites for hydroxylation is 1. The first-order valence-corrected chi connectivity index (χ1v) is 12.5. The maximum atomic E-state index is 12.9. The molecule has 35 heavy (non-hydrogen) atoms. The lowest BCUT2D eigenvalue weighted by Gasteiger charge is -2.31. The maximum Gasteiger partial charge on any atom is 0.252 e. The molecule has 2 aromatic carbocycles. The second kappa shape index (κ2) is 13.3. The average molecular weight is 482 g/mol. The lowest BCUT2D eigenvalue weighted by molar-refractivity contribution is -0.124. The highest BCUT2D eigenvalue weighted by Crippen LogP contribution is 2.16. The smallest absolute Gasteiger partial charge is 0.252 e. The van der Waals surface area contributed by atoms with Crippen molar-refractivity contribution in [1.29, 1.82) is 0 Å². The minimum Gasteiger partial charge on any atom is -0.492 e. The van der Waals surface area contributed by atoms with Crippen LogP contribution in [0.15, 0.2) is 48.5 Å². The van der Waals surface area contributed by atoms with Gasteiger partial charge in [-0.25, -0.2) is 0 Å². The molecular weight excluding hydrogens is 442 g/mol. The number of hydrogen-bond donors (Lipinski definition) is 2. The van der Waals surface area contributed by atoms with Crippen LogP contribution in [0.1, 0.15) is 48.2 Å². The van der Waals surface area contributed by atoms with E-state index >= 15 is 0 Å². The van der Waals surface area contributed by atoms with Crippen molar-refractivity contribution < 1.29 is 19.1 Å². The predicted molar refractivity (Wildman–Crippen MR) is 138 cm³/mol. The third-order valence-electron chi connectivity index (χ3n) is 6.52. The summed E-state index contributed by atoms with van der Waals surface area (Å²) in [6.45, 7) is 9.21. The van der Waals surface area contributed by atoms with Gasteiger partial charge in [0.25, 0.3) is 5.91 Å². The van der Waals surface area contributed by atoms with E-state index in [9.17, 15) is 9.59 Å². The largest absolute Gasteiger partial charge is 0.492 e. The van der Waals surface area contributed by atoms with Gasteiger partial charge in [0.2, 0.25) is 5.91 Å². The second-order valence-electron chi connectivity index (χ2n) is 9.55. The molecule has 190 valence electrons. The Morgan fingerprint density at radius 2 is 1.86 bits per heavy atom. The number of nitrogens with one attached hydrogen (secondary N) is 2. The van der Waals surface area contributed by atoms with Gasteiger partial charge in [-0.2, -0.15) is 0 Å². The van der Waals surface area contributed by atoms with Crippen LogP contribution < -0.4 is 15.4 Å². The summed E-state index contributed by atoms with van der Waals surface area (Å²) in [4.78, 5) is 28.0. The Balaban J connectivity index is 1.49. The van der Waals surface area contributed by atoms with Gasteiger partial charge in [0.1, 0.15) is 18.4 Å². The van der Waals surface area contributed by atoms with Gasteiger partial charge in [-0.3, -0.25) is 14.5 Å². The molecular formula is C28H39N3O4. The summed E-state index contributed by atoms with van der Waals surface area (Å²) in [6, 6.07) is 15.1. The predicted octanol–water partition coefficient (Wildman–Crippen LogP) is 3.56. The number of carbonyl (C=O) groups is 2. The van der Waals surface area contributed by atoms with E-state index in [1.165, 1.54) is 0 Å². The Morgan fingerprint density at radius 3 is 2.57 bits per heavy atom. The van der Waals surface area contributed by atoms with Gasteiger partial charge in [-0.1, -0.05) is 44.2 Å². The Hall–Kier alpha value is -2.90. The first kappa shape index (κ1) is 26.7. The second-order valence-corrected chi connectivity index (χ2v) is 9.55. The summed E-state index contributed by atoms with van der Waals surface area (Å²) in [5.74, 6) is 0.292. The fourth-order valence-electron chi connectivity index (χ4n) is 4.24. The fourth-order valence-corrected chi connectivity index (χ4v) is 4.24. The molecule has 1 aliphatic heterocycles.